The number of halogens is 1. The van der Waals surface area contributed by atoms with Gasteiger partial charge in [-0.2, -0.15) is 0 Å². The van der Waals surface area contributed by atoms with Crippen molar-refractivity contribution in [1.29, 1.82) is 0 Å². The maximum Gasteiger partial charge on any atom is 0.345 e. The first-order valence-corrected chi connectivity index (χ1v) is 3.80. The minimum atomic E-state index is -1.32. The average molecular weight is 293 g/mol. The fourth-order valence-corrected chi connectivity index (χ4v) is 0.809. The van der Waals surface area contributed by atoms with Crippen molar-refractivity contribution in [2.75, 3.05) is 12.4 Å². The topological polar surface area (TPSA) is 69.4 Å². The van der Waals surface area contributed by atoms with Gasteiger partial charge in [-0.05, 0) is 24.3 Å². The number of rotatable bonds is 2. The molecule has 0 amide bonds. The predicted octanol–water partition coefficient (Wildman–Crippen LogP) is 0.917. The Bertz CT molecular complexity index is 356. The molecule has 1 aromatic rings. The van der Waals surface area contributed by atoms with Crippen LogP contribution in [-0.4, -0.2) is 18.6 Å². The zero-order valence-electron chi connectivity index (χ0n) is 8.20. The molecule has 0 fully saturated rings. The van der Waals surface area contributed by atoms with Crippen LogP contribution in [0.25, 0.3) is 0 Å². The van der Waals surface area contributed by atoms with Crippen molar-refractivity contribution in [3.63, 3.8) is 0 Å². The third-order valence-corrected chi connectivity index (χ3v) is 1.46. The Morgan fingerprint density at radius 2 is 1.69 bits per heavy atom. The molecule has 0 aliphatic carbocycles. The number of carbonyl (C=O) groups is 2. The SMILES string of the molecule is Nc1ccc(C(=O)OC(=O)CF)cc1.[Ti].[Ti]. The van der Waals surface area contributed by atoms with Crippen molar-refractivity contribution in [3.8, 4) is 0 Å². The summed E-state index contributed by atoms with van der Waals surface area (Å²) in [6.45, 7) is -1.32. The zero-order valence-corrected chi connectivity index (χ0v) is 11.3. The molecule has 0 bridgehead atoms. The predicted molar refractivity (Wildman–Crippen MR) is 47.3 cm³/mol. The fraction of sp³-hybridized carbons (Fsp3) is 0.111. The monoisotopic (exact) mass is 293 g/mol. The number of nitrogen functional groups attached to an aromatic ring is 1. The van der Waals surface area contributed by atoms with E-state index in [0.717, 1.165) is 0 Å². The van der Waals surface area contributed by atoms with Crippen LogP contribution >= 0.6 is 0 Å². The van der Waals surface area contributed by atoms with Crippen molar-refractivity contribution < 1.29 is 62.2 Å². The summed E-state index contributed by atoms with van der Waals surface area (Å²) < 4.78 is 15.8. The number of hydrogen-bond donors (Lipinski definition) is 1. The number of nitrogens with two attached hydrogens (primary N) is 1. The van der Waals surface area contributed by atoms with E-state index in [1.165, 1.54) is 24.3 Å². The Morgan fingerprint density at radius 3 is 2.12 bits per heavy atom. The standard InChI is InChI=1S/C9H8FNO3.2Ti/c10-5-8(12)14-9(13)6-1-3-7(11)4-2-6;;/h1-4H,5,11H2;;. The summed E-state index contributed by atoms with van der Waals surface area (Å²) in [6, 6.07) is 5.75. The maximum absolute atomic E-state index is 11.7. The number of hydrogen-bond acceptors (Lipinski definition) is 4. The molecule has 4 nitrogen and oxygen atoms in total. The molecule has 2 N–H and O–H groups in total. The molecular weight excluding hydrogens is 285 g/mol. The summed E-state index contributed by atoms with van der Waals surface area (Å²) in [4.78, 5) is 21.5. The Kier molecular flexibility index (Phi) is 9.67. The Labute approximate surface area is 121 Å². The van der Waals surface area contributed by atoms with Crippen LogP contribution in [0.1, 0.15) is 10.4 Å². The van der Waals surface area contributed by atoms with Crippen LogP contribution in [-0.2, 0) is 53.0 Å². The number of ether oxygens (including phenoxy) is 1. The van der Waals surface area contributed by atoms with Crippen molar-refractivity contribution in [2.45, 2.75) is 0 Å². The summed E-state index contributed by atoms with van der Waals surface area (Å²) in [5, 5.41) is 0. The maximum atomic E-state index is 11.7. The van der Waals surface area contributed by atoms with E-state index >= 15 is 0 Å². The third-order valence-electron chi connectivity index (χ3n) is 1.46. The van der Waals surface area contributed by atoms with Crippen LogP contribution in [0.2, 0.25) is 0 Å². The van der Waals surface area contributed by atoms with E-state index in [1.54, 1.807) is 0 Å². The average Bonchev–Trinajstić information content (AvgIpc) is 2.18. The Hall–Kier alpha value is -0.481. The van der Waals surface area contributed by atoms with Gasteiger partial charge < -0.3 is 10.5 Å². The molecule has 0 saturated carbocycles. The number of esters is 2. The first-order chi connectivity index (χ1) is 6.63. The van der Waals surface area contributed by atoms with Crippen LogP contribution in [0.3, 0.4) is 0 Å². The van der Waals surface area contributed by atoms with Gasteiger partial charge in [0.1, 0.15) is 0 Å². The van der Waals surface area contributed by atoms with Crippen LogP contribution in [0.15, 0.2) is 24.3 Å². The molecule has 7 heteroatoms. The third kappa shape index (κ3) is 5.56. The molecule has 82 valence electrons. The van der Waals surface area contributed by atoms with Crippen molar-refractivity contribution in [3.05, 3.63) is 29.8 Å². The summed E-state index contributed by atoms with van der Waals surface area (Å²) in [5.74, 6) is -2.08. The zero-order chi connectivity index (χ0) is 10.6. The van der Waals surface area contributed by atoms with E-state index in [2.05, 4.69) is 4.74 Å². The fourth-order valence-electron chi connectivity index (χ4n) is 0.809. The van der Waals surface area contributed by atoms with E-state index in [-0.39, 0.29) is 49.0 Å². The van der Waals surface area contributed by atoms with Gasteiger partial charge in [0, 0.05) is 49.1 Å². The van der Waals surface area contributed by atoms with Gasteiger partial charge in [0.15, 0.2) is 6.67 Å². The molecule has 0 unspecified atom stereocenters. The largest absolute Gasteiger partial charge is 0.399 e. The molecule has 0 aromatic heterocycles. The van der Waals surface area contributed by atoms with Crippen LogP contribution in [0, 0.1) is 0 Å². The molecule has 1 rings (SSSR count). The van der Waals surface area contributed by atoms with E-state index in [0.29, 0.717) is 5.69 Å². The van der Waals surface area contributed by atoms with Gasteiger partial charge >= 0.3 is 11.9 Å². The van der Waals surface area contributed by atoms with Crippen LogP contribution in [0.5, 0.6) is 0 Å². The molecule has 0 aliphatic heterocycles. The quantitative estimate of drug-likeness (QED) is 0.381. The molecule has 0 aliphatic rings. The molecule has 0 saturated heterocycles. The Morgan fingerprint density at radius 1 is 1.19 bits per heavy atom. The van der Waals surface area contributed by atoms with Crippen LogP contribution in [0.4, 0.5) is 10.1 Å². The number of alkyl halides is 1. The van der Waals surface area contributed by atoms with Crippen molar-refractivity contribution in [1.82, 2.24) is 0 Å². The van der Waals surface area contributed by atoms with Gasteiger partial charge in [0.25, 0.3) is 0 Å². The van der Waals surface area contributed by atoms with Crippen molar-refractivity contribution in [2.24, 2.45) is 0 Å². The van der Waals surface area contributed by atoms with E-state index in [4.69, 9.17) is 5.73 Å². The molecule has 1 aromatic carbocycles. The minimum absolute atomic E-state index is 0. The second-order valence-corrected chi connectivity index (χ2v) is 2.52. The smallest absolute Gasteiger partial charge is 0.345 e. The molecule has 16 heavy (non-hydrogen) atoms. The molecule has 0 spiro atoms. The van der Waals surface area contributed by atoms with Crippen LogP contribution < -0.4 is 5.73 Å². The van der Waals surface area contributed by atoms with Gasteiger partial charge in [0.2, 0.25) is 0 Å². The summed E-state index contributed by atoms with van der Waals surface area (Å²) in [5.41, 5.74) is 6.01. The number of benzene rings is 1. The van der Waals surface area contributed by atoms with Gasteiger partial charge in [0.05, 0.1) is 5.56 Å². The van der Waals surface area contributed by atoms with Gasteiger partial charge in [-0.15, -0.1) is 0 Å². The van der Waals surface area contributed by atoms with Gasteiger partial charge in [-0.25, -0.2) is 14.0 Å². The Balaban J connectivity index is 0. The number of carbonyl (C=O) groups excluding carboxylic acids is 2. The van der Waals surface area contributed by atoms with E-state index < -0.39 is 18.6 Å². The second kappa shape index (κ2) is 8.65. The molecular formula is C9H8FNO3Ti2. The summed E-state index contributed by atoms with van der Waals surface area (Å²) in [6.07, 6.45) is 0. The van der Waals surface area contributed by atoms with Crippen molar-refractivity contribution >= 4 is 17.6 Å². The molecule has 0 radical (unpaired) electrons. The normalized spacial score (nSPS) is 8.31. The molecule has 0 heterocycles. The first-order valence-electron chi connectivity index (χ1n) is 3.80. The van der Waals surface area contributed by atoms with E-state index in [1.807, 2.05) is 0 Å². The second-order valence-electron chi connectivity index (χ2n) is 2.52. The van der Waals surface area contributed by atoms with Gasteiger partial charge in [-0.3, -0.25) is 0 Å². The van der Waals surface area contributed by atoms with Gasteiger partial charge in [-0.1, -0.05) is 0 Å². The molecule has 0 atom stereocenters. The number of anilines is 1. The minimum Gasteiger partial charge on any atom is -0.399 e. The van der Waals surface area contributed by atoms with E-state index in [9.17, 15) is 14.0 Å². The first kappa shape index (κ1) is 17.9. The summed E-state index contributed by atoms with van der Waals surface area (Å²) >= 11 is 0. The summed E-state index contributed by atoms with van der Waals surface area (Å²) in [7, 11) is 0.